The maximum atomic E-state index is 9.00. The Morgan fingerprint density at radius 1 is 1.40 bits per heavy atom. The Balaban J connectivity index is 0.000000328. The van der Waals surface area contributed by atoms with E-state index in [9.17, 15) is 0 Å². The molecule has 106 valence electrons. The molecule has 0 saturated carbocycles. The third-order valence-electron chi connectivity index (χ3n) is 2.89. The van der Waals surface area contributed by atoms with Gasteiger partial charge in [0, 0.05) is 33.8 Å². The molecule has 2 N–H and O–H groups in total. The quantitative estimate of drug-likeness (QED) is 0.842. The molecule has 3 nitrogen and oxygen atoms in total. The van der Waals surface area contributed by atoms with Gasteiger partial charge in [-0.05, 0) is 30.7 Å². The lowest BCUT2D eigenvalue weighted by atomic mass is 10.1. The number of carbonyl (C=O) groups is 1. The number of aliphatic carboxylic acids is 1. The van der Waals surface area contributed by atoms with Crippen LogP contribution in [0.5, 0.6) is 0 Å². The number of carboxylic acid groups (broad SMARTS) is 1. The lowest BCUT2D eigenvalue weighted by molar-refractivity contribution is -0.134. The average molecular weight is 310 g/mol. The number of nitrogens with one attached hydrogen (secondary N) is 1. The number of benzene rings is 1. The predicted molar refractivity (Wildman–Crippen MR) is 83.5 cm³/mol. The minimum Gasteiger partial charge on any atom is -0.481 e. The fraction of sp³-hybridized carbons (Fsp3) is 0.267. The molecule has 0 aliphatic carbocycles. The van der Waals surface area contributed by atoms with Gasteiger partial charge in [0.1, 0.15) is 0 Å². The van der Waals surface area contributed by atoms with Gasteiger partial charge in [-0.3, -0.25) is 4.79 Å². The molecule has 0 radical (unpaired) electrons. The SMILES string of the molecule is CC(=O)O.Clc1ccccc1-c1cc2c(s1)CNCC2. The molecular weight excluding hydrogens is 294 g/mol. The Hall–Kier alpha value is -1.36. The summed E-state index contributed by atoms with van der Waals surface area (Å²) in [5.74, 6) is -0.833. The fourth-order valence-electron chi connectivity index (χ4n) is 2.05. The second kappa shape index (κ2) is 6.88. The second-order valence-electron chi connectivity index (χ2n) is 4.48. The molecule has 0 spiro atoms. The van der Waals surface area contributed by atoms with E-state index < -0.39 is 5.97 Å². The van der Waals surface area contributed by atoms with Gasteiger partial charge in [0.25, 0.3) is 5.97 Å². The molecule has 20 heavy (non-hydrogen) atoms. The Labute approximate surface area is 127 Å². The summed E-state index contributed by atoms with van der Waals surface area (Å²) in [6, 6.07) is 10.3. The second-order valence-corrected chi connectivity index (χ2v) is 6.03. The van der Waals surface area contributed by atoms with Crippen LogP contribution in [0.25, 0.3) is 10.4 Å². The first kappa shape index (κ1) is 15.0. The molecule has 0 atom stereocenters. The number of halogens is 1. The Bertz CT molecular complexity index is 582. The van der Waals surface area contributed by atoms with E-state index in [-0.39, 0.29) is 0 Å². The van der Waals surface area contributed by atoms with Gasteiger partial charge in [-0.25, -0.2) is 0 Å². The molecule has 2 aromatic rings. The Morgan fingerprint density at radius 2 is 2.10 bits per heavy atom. The number of carboxylic acids is 1. The van der Waals surface area contributed by atoms with Crippen molar-refractivity contribution in [3.05, 3.63) is 45.8 Å². The van der Waals surface area contributed by atoms with E-state index in [1.807, 2.05) is 29.5 Å². The van der Waals surface area contributed by atoms with Crippen molar-refractivity contribution in [2.24, 2.45) is 0 Å². The maximum absolute atomic E-state index is 9.00. The molecule has 2 heterocycles. The molecule has 0 bridgehead atoms. The van der Waals surface area contributed by atoms with Crippen LogP contribution in [0.3, 0.4) is 0 Å². The van der Waals surface area contributed by atoms with Crippen molar-refractivity contribution in [3.8, 4) is 10.4 Å². The summed E-state index contributed by atoms with van der Waals surface area (Å²) in [6.45, 7) is 3.18. The van der Waals surface area contributed by atoms with E-state index >= 15 is 0 Å². The summed E-state index contributed by atoms with van der Waals surface area (Å²) in [5, 5.41) is 11.7. The molecular formula is C15H16ClNO2S. The van der Waals surface area contributed by atoms with Crippen LogP contribution in [-0.2, 0) is 17.8 Å². The van der Waals surface area contributed by atoms with Crippen LogP contribution in [0.1, 0.15) is 17.4 Å². The minimum atomic E-state index is -0.833. The minimum absolute atomic E-state index is 0.833. The van der Waals surface area contributed by atoms with Gasteiger partial charge in [0.15, 0.2) is 0 Å². The van der Waals surface area contributed by atoms with E-state index in [4.69, 9.17) is 21.5 Å². The summed E-state index contributed by atoms with van der Waals surface area (Å²) in [5.41, 5.74) is 2.64. The Kier molecular flexibility index (Phi) is 5.17. The van der Waals surface area contributed by atoms with Crippen molar-refractivity contribution < 1.29 is 9.90 Å². The molecule has 0 unspecified atom stereocenters. The standard InChI is InChI=1S/C13H12ClNS.C2H4O2/c14-11-4-2-1-3-10(11)12-7-9-5-6-15-8-13(9)16-12;1-2(3)4/h1-4,7,15H,5-6,8H2;1H3,(H,3,4). The summed E-state index contributed by atoms with van der Waals surface area (Å²) in [7, 11) is 0. The van der Waals surface area contributed by atoms with Crippen LogP contribution in [-0.4, -0.2) is 17.6 Å². The number of fused-ring (bicyclic) bond motifs is 1. The summed E-state index contributed by atoms with van der Waals surface area (Å²) >= 11 is 8.07. The highest BCUT2D eigenvalue weighted by atomic mass is 35.5. The summed E-state index contributed by atoms with van der Waals surface area (Å²) < 4.78 is 0. The number of hydrogen-bond acceptors (Lipinski definition) is 3. The van der Waals surface area contributed by atoms with Crippen LogP contribution in [0.2, 0.25) is 5.02 Å². The van der Waals surface area contributed by atoms with E-state index in [2.05, 4.69) is 17.4 Å². The number of thiophene rings is 1. The maximum Gasteiger partial charge on any atom is 0.300 e. The lowest BCUT2D eigenvalue weighted by Gasteiger charge is -2.10. The Morgan fingerprint density at radius 3 is 2.75 bits per heavy atom. The largest absolute Gasteiger partial charge is 0.481 e. The van der Waals surface area contributed by atoms with Crippen LogP contribution in [0.4, 0.5) is 0 Å². The molecule has 1 aliphatic rings. The van der Waals surface area contributed by atoms with Crippen LogP contribution in [0, 0.1) is 0 Å². The normalized spacial score (nSPS) is 13.1. The third kappa shape index (κ3) is 3.82. The average Bonchev–Trinajstić information content (AvgIpc) is 2.82. The highest BCUT2D eigenvalue weighted by Gasteiger charge is 2.14. The highest BCUT2D eigenvalue weighted by molar-refractivity contribution is 7.15. The van der Waals surface area contributed by atoms with Crippen molar-refractivity contribution in [2.75, 3.05) is 6.54 Å². The van der Waals surface area contributed by atoms with Crippen molar-refractivity contribution in [3.63, 3.8) is 0 Å². The topological polar surface area (TPSA) is 49.3 Å². The molecule has 5 heteroatoms. The summed E-state index contributed by atoms with van der Waals surface area (Å²) in [4.78, 5) is 11.8. The van der Waals surface area contributed by atoms with E-state index in [1.165, 1.54) is 15.3 Å². The van der Waals surface area contributed by atoms with Crippen molar-refractivity contribution in [1.29, 1.82) is 0 Å². The number of rotatable bonds is 1. The fourth-order valence-corrected chi connectivity index (χ4v) is 3.56. The summed E-state index contributed by atoms with van der Waals surface area (Å²) in [6.07, 6.45) is 1.14. The van der Waals surface area contributed by atoms with Crippen molar-refractivity contribution >= 4 is 28.9 Å². The first-order valence-electron chi connectivity index (χ1n) is 6.34. The lowest BCUT2D eigenvalue weighted by Crippen LogP contribution is -2.21. The van der Waals surface area contributed by atoms with Gasteiger partial charge < -0.3 is 10.4 Å². The first-order valence-corrected chi connectivity index (χ1v) is 7.54. The zero-order valence-electron chi connectivity index (χ0n) is 11.1. The monoisotopic (exact) mass is 309 g/mol. The smallest absolute Gasteiger partial charge is 0.300 e. The van der Waals surface area contributed by atoms with Gasteiger partial charge in [-0.15, -0.1) is 11.3 Å². The van der Waals surface area contributed by atoms with Gasteiger partial charge in [0.05, 0.1) is 0 Å². The van der Waals surface area contributed by atoms with Gasteiger partial charge in [-0.1, -0.05) is 29.8 Å². The van der Waals surface area contributed by atoms with Gasteiger partial charge in [-0.2, -0.15) is 0 Å². The molecule has 1 aromatic heterocycles. The van der Waals surface area contributed by atoms with Crippen LogP contribution < -0.4 is 5.32 Å². The highest BCUT2D eigenvalue weighted by Crippen LogP contribution is 2.36. The molecule has 1 aliphatic heterocycles. The zero-order chi connectivity index (χ0) is 14.5. The van der Waals surface area contributed by atoms with E-state index in [0.717, 1.165) is 37.0 Å². The third-order valence-corrected chi connectivity index (χ3v) is 4.43. The van der Waals surface area contributed by atoms with Crippen molar-refractivity contribution in [2.45, 2.75) is 19.9 Å². The van der Waals surface area contributed by atoms with E-state index in [1.54, 1.807) is 0 Å². The molecule has 1 aromatic carbocycles. The molecule has 0 fully saturated rings. The van der Waals surface area contributed by atoms with Crippen LogP contribution in [0.15, 0.2) is 30.3 Å². The molecule has 0 saturated heterocycles. The van der Waals surface area contributed by atoms with Gasteiger partial charge in [0.2, 0.25) is 0 Å². The van der Waals surface area contributed by atoms with Gasteiger partial charge >= 0.3 is 0 Å². The van der Waals surface area contributed by atoms with E-state index in [0.29, 0.717) is 0 Å². The van der Waals surface area contributed by atoms with Crippen LogP contribution >= 0.6 is 22.9 Å². The van der Waals surface area contributed by atoms with Crippen molar-refractivity contribution in [1.82, 2.24) is 5.32 Å². The molecule has 0 amide bonds. The predicted octanol–water partition coefficient (Wildman–Crippen LogP) is 3.81. The zero-order valence-corrected chi connectivity index (χ0v) is 12.7. The number of hydrogen-bond donors (Lipinski definition) is 2. The first-order chi connectivity index (χ1) is 9.58. The molecule has 3 rings (SSSR count).